The van der Waals surface area contributed by atoms with Crippen LogP contribution in [0.25, 0.3) is 0 Å². The fourth-order valence-corrected chi connectivity index (χ4v) is 1.93. The van der Waals surface area contributed by atoms with Crippen molar-refractivity contribution >= 4 is 5.88 Å². The Morgan fingerprint density at radius 3 is 2.63 bits per heavy atom. The Morgan fingerprint density at radius 1 is 1.26 bits per heavy atom. The van der Waals surface area contributed by atoms with Gasteiger partial charge in [-0.25, -0.2) is 0 Å². The summed E-state index contributed by atoms with van der Waals surface area (Å²) < 4.78 is 5.05. The average molecular weight is 268 g/mol. The van der Waals surface area contributed by atoms with Gasteiger partial charge in [-0.1, -0.05) is 39.5 Å². The molecule has 0 fully saturated rings. The van der Waals surface area contributed by atoms with E-state index in [1.54, 1.807) is 6.07 Å². The lowest BCUT2D eigenvalue weighted by atomic mass is 10.0. The van der Waals surface area contributed by atoms with Crippen molar-refractivity contribution in [3.8, 4) is 0 Å². The quantitative estimate of drug-likeness (QED) is 0.397. The molecule has 1 N–H and O–H groups in total. The molecule has 0 saturated carbocycles. The Morgan fingerprint density at radius 2 is 2.00 bits per heavy atom. The molecule has 1 aromatic heterocycles. The Hall–Kier alpha value is -1.36. The number of nitrogens with one attached hydrogen (secondary N) is 1. The van der Waals surface area contributed by atoms with Crippen molar-refractivity contribution in [2.45, 2.75) is 52.5 Å². The van der Waals surface area contributed by atoms with E-state index in [0.29, 0.717) is 12.3 Å². The highest BCUT2D eigenvalue weighted by atomic mass is 16.6. The number of unbranched alkanes of at least 4 members (excludes halogenated alkanes) is 3. The maximum Gasteiger partial charge on any atom is 0.433 e. The fourth-order valence-electron chi connectivity index (χ4n) is 1.93. The molecule has 1 aromatic rings. The van der Waals surface area contributed by atoms with E-state index in [2.05, 4.69) is 19.2 Å². The van der Waals surface area contributed by atoms with Crippen LogP contribution in [0.5, 0.6) is 0 Å². The van der Waals surface area contributed by atoms with E-state index in [9.17, 15) is 10.1 Å². The third-order valence-corrected chi connectivity index (χ3v) is 3.01. The summed E-state index contributed by atoms with van der Waals surface area (Å²) in [6.45, 7) is 5.99. The van der Waals surface area contributed by atoms with Crippen LogP contribution < -0.4 is 5.32 Å². The number of nitro groups is 1. The minimum absolute atomic E-state index is 0.189. The third kappa shape index (κ3) is 6.96. The predicted molar refractivity (Wildman–Crippen MR) is 75.0 cm³/mol. The molecule has 5 nitrogen and oxygen atoms in total. The summed E-state index contributed by atoms with van der Waals surface area (Å²) >= 11 is 0. The molecule has 0 spiro atoms. The lowest BCUT2D eigenvalue weighted by Gasteiger charge is -2.05. The zero-order valence-corrected chi connectivity index (χ0v) is 11.9. The molecule has 0 atom stereocenters. The van der Waals surface area contributed by atoms with E-state index in [4.69, 9.17) is 4.42 Å². The first kappa shape index (κ1) is 15.7. The molecule has 1 heterocycles. The molecule has 0 aliphatic rings. The van der Waals surface area contributed by atoms with Gasteiger partial charge in [-0.15, -0.1) is 0 Å². The second-order valence-electron chi connectivity index (χ2n) is 5.27. The van der Waals surface area contributed by atoms with Crippen LogP contribution in [0.2, 0.25) is 0 Å². The topological polar surface area (TPSA) is 68.3 Å². The maximum atomic E-state index is 10.4. The van der Waals surface area contributed by atoms with Gasteiger partial charge in [-0.05, 0) is 24.9 Å². The minimum Gasteiger partial charge on any atom is -0.404 e. The average Bonchev–Trinajstić information content (AvgIpc) is 2.81. The molecule has 0 saturated heterocycles. The van der Waals surface area contributed by atoms with Crippen molar-refractivity contribution in [1.29, 1.82) is 0 Å². The second-order valence-corrected chi connectivity index (χ2v) is 5.27. The van der Waals surface area contributed by atoms with Gasteiger partial charge in [0, 0.05) is 0 Å². The third-order valence-electron chi connectivity index (χ3n) is 3.01. The molecule has 0 unspecified atom stereocenters. The molecule has 1 rings (SSSR count). The van der Waals surface area contributed by atoms with Crippen molar-refractivity contribution < 1.29 is 9.34 Å². The van der Waals surface area contributed by atoms with E-state index in [1.165, 1.54) is 31.7 Å². The highest BCUT2D eigenvalue weighted by Gasteiger charge is 2.10. The largest absolute Gasteiger partial charge is 0.433 e. The van der Waals surface area contributed by atoms with E-state index in [-0.39, 0.29) is 5.88 Å². The number of nitrogens with zero attached hydrogens (tertiary/aromatic N) is 1. The first-order valence-electron chi connectivity index (χ1n) is 7.03. The SMILES string of the molecule is CC(C)CCCCCCNCc1ccc([N+](=O)[O-])o1. The Kier molecular flexibility index (Phi) is 7.18. The Bertz CT molecular complexity index is 375. The van der Waals surface area contributed by atoms with Gasteiger partial charge in [0.05, 0.1) is 12.6 Å². The molecule has 108 valence electrons. The van der Waals surface area contributed by atoms with Crippen molar-refractivity contribution in [1.82, 2.24) is 5.32 Å². The first-order valence-corrected chi connectivity index (χ1v) is 7.03. The highest BCUT2D eigenvalue weighted by molar-refractivity contribution is 5.17. The summed E-state index contributed by atoms with van der Waals surface area (Å²) in [6.07, 6.45) is 6.27. The van der Waals surface area contributed by atoms with Gasteiger partial charge in [-0.2, -0.15) is 0 Å². The lowest BCUT2D eigenvalue weighted by molar-refractivity contribution is -0.402. The zero-order chi connectivity index (χ0) is 14.1. The molecule has 0 aromatic carbocycles. The van der Waals surface area contributed by atoms with Crippen molar-refractivity contribution in [2.75, 3.05) is 6.54 Å². The highest BCUT2D eigenvalue weighted by Crippen LogP contribution is 2.15. The Balaban J connectivity index is 2.00. The summed E-state index contributed by atoms with van der Waals surface area (Å²) in [6, 6.07) is 3.04. The van der Waals surface area contributed by atoms with Crippen molar-refractivity contribution in [3.05, 3.63) is 28.0 Å². The molecular formula is C14H24N2O3. The summed E-state index contributed by atoms with van der Waals surface area (Å²) in [5.74, 6) is 1.23. The van der Waals surface area contributed by atoms with Crippen LogP contribution >= 0.6 is 0 Å². The lowest BCUT2D eigenvalue weighted by Crippen LogP contribution is -2.14. The van der Waals surface area contributed by atoms with Crippen LogP contribution in [-0.2, 0) is 6.54 Å². The van der Waals surface area contributed by atoms with Gasteiger partial charge in [0.1, 0.15) is 10.7 Å². The van der Waals surface area contributed by atoms with Crippen LogP contribution in [0.3, 0.4) is 0 Å². The Labute approximate surface area is 114 Å². The predicted octanol–water partition coefficient (Wildman–Crippen LogP) is 3.88. The zero-order valence-electron chi connectivity index (χ0n) is 11.9. The summed E-state index contributed by atoms with van der Waals surface area (Å²) in [5, 5.41) is 13.7. The molecular weight excluding hydrogens is 244 g/mol. The van der Waals surface area contributed by atoms with Gasteiger partial charge in [0.2, 0.25) is 0 Å². The van der Waals surface area contributed by atoms with Gasteiger partial charge in [-0.3, -0.25) is 10.1 Å². The van der Waals surface area contributed by atoms with E-state index >= 15 is 0 Å². The van der Waals surface area contributed by atoms with Gasteiger partial charge < -0.3 is 9.73 Å². The summed E-state index contributed by atoms with van der Waals surface area (Å²) in [5.41, 5.74) is 0. The summed E-state index contributed by atoms with van der Waals surface area (Å²) in [7, 11) is 0. The standard InChI is InChI=1S/C14H24N2O3/c1-12(2)7-5-3-4-6-10-15-11-13-8-9-14(19-13)16(17)18/h8-9,12,15H,3-7,10-11H2,1-2H3. The maximum absolute atomic E-state index is 10.4. The smallest absolute Gasteiger partial charge is 0.404 e. The van der Waals surface area contributed by atoms with Crippen LogP contribution in [0.15, 0.2) is 16.5 Å². The van der Waals surface area contributed by atoms with Crippen LogP contribution in [0.4, 0.5) is 5.88 Å². The van der Waals surface area contributed by atoms with E-state index < -0.39 is 4.92 Å². The normalized spacial score (nSPS) is 11.1. The van der Waals surface area contributed by atoms with Gasteiger partial charge in [0.15, 0.2) is 0 Å². The van der Waals surface area contributed by atoms with Crippen LogP contribution in [0.1, 0.15) is 51.7 Å². The number of hydrogen-bond acceptors (Lipinski definition) is 4. The van der Waals surface area contributed by atoms with E-state index in [1.807, 2.05) is 0 Å². The minimum atomic E-state index is -0.516. The van der Waals surface area contributed by atoms with Gasteiger partial charge >= 0.3 is 5.88 Å². The molecule has 0 aliphatic carbocycles. The second kappa shape index (κ2) is 8.69. The first-order chi connectivity index (χ1) is 9.09. The monoisotopic (exact) mass is 268 g/mol. The van der Waals surface area contributed by atoms with Gasteiger partial charge in [0.25, 0.3) is 0 Å². The molecule has 0 radical (unpaired) electrons. The number of hydrogen-bond donors (Lipinski definition) is 1. The van der Waals surface area contributed by atoms with E-state index in [0.717, 1.165) is 18.9 Å². The number of furan rings is 1. The van der Waals surface area contributed by atoms with Crippen molar-refractivity contribution in [2.24, 2.45) is 5.92 Å². The number of rotatable bonds is 10. The molecule has 19 heavy (non-hydrogen) atoms. The molecule has 0 amide bonds. The molecule has 5 heteroatoms. The molecule has 0 bridgehead atoms. The van der Waals surface area contributed by atoms with Crippen LogP contribution in [0, 0.1) is 16.0 Å². The molecule has 0 aliphatic heterocycles. The van der Waals surface area contributed by atoms with Crippen LogP contribution in [-0.4, -0.2) is 11.5 Å². The summed E-state index contributed by atoms with van der Waals surface area (Å²) in [4.78, 5) is 9.91. The van der Waals surface area contributed by atoms with Crippen molar-refractivity contribution in [3.63, 3.8) is 0 Å². The fraction of sp³-hybridized carbons (Fsp3) is 0.714.